The van der Waals surface area contributed by atoms with Gasteiger partial charge >= 0.3 is 5.69 Å². The number of hydrogen-bond acceptors (Lipinski definition) is 4. The van der Waals surface area contributed by atoms with Crippen LogP contribution >= 0.6 is 0 Å². The summed E-state index contributed by atoms with van der Waals surface area (Å²) >= 11 is 0. The molecule has 1 aliphatic rings. The van der Waals surface area contributed by atoms with Gasteiger partial charge in [0.1, 0.15) is 18.2 Å². The normalized spacial score (nSPS) is 13.9. The Bertz CT molecular complexity index is 1100. The minimum absolute atomic E-state index is 0.0374. The van der Waals surface area contributed by atoms with E-state index >= 15 is 0 Å². The number of benzene rings is 1. The third kappa shape index (κ3) is 4.09. The summed E-state index contributed by atoms with van der Waals surface area (Å²) in [5.74, 6) is 0.106. The minimum atomic E-state index is -0.687. The maximum absolute atomic E-state index is 12.8. The average molecular weight is 409 g/mol. The van der Waals surface area contributed by atoms with Gasteiger partial charge in [-0.25, -0.2) is 9.36 Å². The Balaban J connectivity index is 1.86. The van der Waals surface area contributed by atoms with E-state index in [1.165, 1.54) is 10.1 Å². The van der Waals surface area contributed by atoms with Crippen LogP contribution in [0.1, 0.15) is 68.5 Å². The Morgan fingerprint density at radius 2 is 1.77 bits per heavy atom. The molecule has 158 valence electrons. The van der Waals surface area contributed by atoms with Gasteiger partial charge in [-0.2, -0.15) is 5.26 Å². The number of carbonyl (C=O) groups excluding carboxylic acids is 1. The van der Waals surface area contributed by atoms with Gasteiger partial charge in [0.15, 0.2) is 0 Å². The highest BCUT2D eigenvalue weighted by molar-refractivity contribution is 5.76. The SMILES string of the molecule is CC(C)c1ccc([C@@H](NC(=O)Cn2c(=O)c(C#N)c3n(c2=O)CCC3)C(C)C)cc1. The minimum Gasteiger partial charge on any atom is -0.347 e. The van der Waals surface area contributed by atoms with Crippen molar-refractivity contribution in [3.05, 3.63) is 67.5 Å². The maximum Gasteiger partial charge on any atom is 0.331 e. The second-order valence-electron chi connectivity index (χ2n) is 8.47. The van der Waals surface area contributed by atoms with Crippen molar-refractivity contribution in [2.75, 3.05) is 0 Å². The summed E-state index contributed by atoms with van der Waals surface area (Å²) in [6.45, 7) is 8.32. The van der Waals surface area contributed by atoms with E-state index in [0.29, 0.717) is 31.0 Å². The Morgan fingerprint density at radius 1 is 1.13 bits per heavy atom. The lowest BCUT2D eigenvalue weighted by Crippen LogP contribution is -2.46. The molecule has 0 radical (unpaired) electrons. The lowest BCUT2D eigenvalue weighted by molar-refractivity contribution is -0.122. The van der Waals surface area contributed by atoms with Crippen molar-refractivity contribution in [3.63, 3.8) is 0 Å². The fourth-order valence-electron chi connectivity index (χ4n) is 3.97. The predicted octanol–water partition coefficient (Wildman–Crippen LogP) is 2.46. The van der Waals surface area contributed by atoms with Crippen LogP contribution in [0.15, 0.2) is 33.9 Å². The van der Waals surface area contributed by atoms with Crippen molar-refractivity contribution in [1.29, 1.82) is 5.26 Å². The molecule has 1 aromatic heterocycles. The highest BCUT2D eigenvalue weighted by atomic mass is 16.2. The van der Waals surface area contributed by atoms with Crippen molar-refractivity contribution >= 4 is 5.91 Å². The monoisotopic (exact) mass is 408 g/mol. The molecule has 7 nitrogen and oxygen atoms in total. The van der Waals surface area contributed by atoms with Gasteiger partial charge < -0.3 is 5.32 Å². The molecular formula is C23H28N4O3. The van der Waals surface area contributed by atoms with Crippen molar-refractivity contribution in [3.8, 4) is 6.07 Å². The van der Waals surface area contributed by atoms with Gasteiger partial charge in [-0.15, -0.1) is 0 Å². The lowest BCUT2D eigenvalue weighted by Gasteiger charge is -2.24. The lowest BCUT2D eigenvalue weighted by atomic mass is 9.93. The molecule has 1 aliphatic heterocycles. The largest absolute Gasteiger partial charge is 0.347 e. The van der Waals surface area contributed by atoms with Crippen LogP contribution in [-0.4, -0.2) is 15.0 Å². The van der Waals surface area contributed by atoms with Gasteiger partial charge in [0, 0.05) is 12.2 Å². The number of carbonyl (C=O) groups is 1. The number of nitrogens with zero attached hydrogens (tertiary/aromatic N) is 3. The van der Waals surface area contributed by atoms with Crippen LogP contribution in [0.5, 0.6) is 0 Å². The fourth-order valence-corrected chi connectivity index (χ4v) is 3.97. The molecule has 3 rings (SSSR count). The van der Waals surface area contributed by atoms with Crippen LogP contribution in [-0.2, 0) is 24.3 Å². The summed E-state index contributed by atoms with van der Waals surface area (Å²) in [5.41, 5.74) is 1.42. The number of hydrogen-bond donors (Lipinski definition) is 1. The smallest absolute Gasteiger partial charge is 0.331 e. The molecule has 1 aromatic carbocycles. The zero-order chi connectivity index (χ0) is 22.0. The molecule has 1 N–H and O–H groups in total. The molecule has 0 spiro atoms. The van der Waals surface area contributed by atoms with Crippen LogP contribution in [0, 0.1) is 17.2 Å². The summed E-state index contributed by atoms with van der Waals surface area (Å²) < 4.78 is 2.32. The number of aromatic nitrogens is 2. The quantitative estimate of drug-likeness (QED) is 0.794. The van der Waals surface area contributed by atoms with Gasteiger partial charge in [-0.05, 0) is 35.8 Å². The molecule has 1 amide bonds. The van der Waals surface area contributed by atoms with E-state index in [1.807, 2.05) is 32.0 Å². The van der Waals surface area contributed by atoms with E-state index in [0.717, 1.165) is 10.1 Å². The van der Waals surface area contributed by atoms with E-state index in [1.54, 1.807) is 0 Å². The number of fused-ring (bicyclic) bond motifs is 1. The van der Waals surface area contributed by atoms with E-state index in [2.05, 4.69) is 31.3 Å². The maximum atomic E-state index is 12.8. The first-order valence-corrected chi connectivity index (χ1v) is 10.4. The van der Waals surface area contributed by atoms with E-state index < -0.39 is 23.7 Å². The Labute approximate surface area is 176 Å². The molecule has 2 heterocycles. The predicted molar refractivity (Wildman–Crippen MR) is 114 cm³/mol. The van der Waals surface area contributed by atoms with Gasteiger partial charge in [0.2, 0.25) is 5.91 Å². The Kier molecular flexibility index (Phi) is 6.25. The first-order valence-electron chi connectivity index (χ1n) is 10.4. The second kappa shape index (κ2) is 8.70. The third-order valence-corrected chi connectivity index (χ3v) is 5.69. The number of amides is 1. The van der Waals surface area contributed by atoms with E-state index in [-0.39, 0.29) is 17.5 Å². The zero-order valence-electron chi connectivity index (χ0n) is 17.9. The van der Waals surface area contributed by atoms with Crippen LogP contribution < -0.4 is 16.6 Å². The van der Waals surface area contributed by atoms with Crippen molar-refractivity contribution in [2.24, 2.45) is 5.92 Å². The van der Waals surface area contributed by atoms with Crippen LogP contribution in [0.3, 0.4) is 0 Å². The van der Waals surface area contributed by atoms with Crippen LogP contribution in [0.2, 0.25) is 0 Å². The number of rotatable bonds is 6. The Morgan fingerprint density at radius 3 is 2.33 bits per heavy atom. The highest BCUT2D eigenvalue weighted by Gasteiger charge is 2.25. The number of nitrogens with one attached hydrogen (secondary N) is 1. The molecule has 1 atom stereocenters. The summed E-state index contributed by atoms with van der Waals surface area (Å²) in [6, 6.07) is 9.78. The second-order valence-corrected chi connectivity index (χ2v) is 8.47. The van der Waals surface area contributed by atoms with Gasteiger partial charge in [-0.3, -0.25) is 14.2 Å². The van der Waals surface area contributed by atoms with Gasteiger partial charge in [0.25, 0.3) is 5.56 Å². The molecular weight excluding hydrogens is 380 g/mol. The van der Waals surface area contributed by atoms with Crippen molar-refractivity contribution in [2.45, 2.75) is 65.6 Å². The summed E-state index contributed by atoms with van der Waals surface area (Å²) in [7, 11) is 0. The van der Waals surface area contributed by atoms with Crippen molar-refractivity contribution in [1.82, 2.24) is 14.5 Å². The zero-order valence-corrected chi connectivity index (χ0v) is 17.9. The summed E-state index contributed by atoms with van der Waals surface area (Å²) in [4.78, 5) is 38.1. The van der Waals surface area contributed by atoms with Crippen LogP contribution in [0.25, 0.3) is 0 Å². The topological polar surface area (TPSA) is 96.9 Å². The average Bonchev–Trinajstić information content (AvgIpc) is 3.19. The third-order valence-electron chi connectivity index (χ3n) is 5.69. The Hall–Kier alpha value is -3.14. The standard InChI is InChI=1S/C23H28N4O3/c1-14(2)16-7-9-17(10-8-16)21(15(3)4)25-20(28)13-27-22(29)18(12-24)19-6-5-11-26(19)23(27)30/h7-10,14-15,21H,5-6,11,13H2,1-4H3,(H,25,28)/t21-/m0/s1. The molecule has 0 aliphatic carbocycles. The molecule has 0 saturated carbocycles. The molecule has 30 heavy (non-hydrogen) atoms. The molecule has 0 bridgehead atoms. The summed E-state index contributed by atoms with van der Waals surface area (Å²) in [6.07, 6.45) is 1.24. The highest BCUT2D eigenvalue weighted by Crippen LogP contribution is 2.24. The molecule has 7 heteroatoms. The molecule has 0 fully saturated rings. The van der Waals surface area contributed by atoms with Crippen LogP contribution in [0.4, 0.5) is 0 Å². The van der Waals surface area contributed by atoms with E-state index in [9.17, 15) is 19.6 Å². The van der Waals surface area contributed by atoms with Crippen molar-refractivity contribution < 1.29 is 4.79 Å². The first-order chi connectivity index (χ1) is 14.2. The summed E-state index contributed by atoms with van der Waals surface area (Å²) in [5, 5.41) is 12.3. The van der Waals surface area contributed by atoms with E-state index in [4.69, 9.17) is 0 Å². The van der Waals surface area contributed by atoms with Gasteiger partial charge in [0.05, 0.1) is 6.04 Å². The molecule has 0 unspecified atom stereocenters. The number of nitriles is 1. The fraction of sp³-hybridized carbons (Fsp3) is 0.478. The first kappa shape index (κ1) is 21.6. The van der Waals surface area contributed by atoms with Gasteiger partial charge in [-0.1, -0.05) is 52.0 Å². The molecule has 2 aromatic rings. The molecule has 0 saturated heterocycles.